The van der Waals surface area contributed by atoms with Gasteiger partial charge in [0.1, 0.15) is 5.75 Å². The summed E-state index contributed by atoms with van der Waals surface area (Å²) in [4.78, 5) is 2.51. The largest absolute Gasteiger partial charge is 0.494 e. The summed E-state index contributed by atoms with van der Waals surface area (Å²) < 4.78 is 5.62. The molecule has 0 spiro atoms. The fourth-order valence-corrected chi connectivity index (χ4v) is 2.74. The predicted molar refractivity (Wildman–Crippen MR) is 90.7 cm³/mol. The van der Waals surface area contributed by atoms with Crippen molar-refractivity contribution in [2.75, 3.05) is 26.2 Å². The van der Waals surface area contributed by atoms with Crippen molar-refractivity contribution in [3.8, 4) is 5.75 Å². The summed E-state index contributed by atoms with van der Waals surface area (Å²) in [6, 6.07) is 8.62. The fourth-order valence-electron chi connectivity index (χ4n) is 2.74. The number of hydrogen-bond donors (Lipinski definition) is 1. The molecule has 0 aliphatic heterocycles. The van der Waals surface area contributed by atoms with E-state index in [0.29, 0.717) is 25.0 Å². The van der Waals surface area contributed by atoms with Crippen LogP contribution in [0.5, 0.6) is 5.75 Å². The Bertz CT molecular complexity index is 394. The van der Waals surface area contributed by atoms with Gasteiger partial charge < -0.3 is 10.5 Å². The molecule has 0 heterocycles. The molecule has 0 saturated carbocycles. The minimum absolute atomic E-state index is 0.259. The van der Waals surface area contributed by atoms with Gasteiger partial charge in [0.15, 0.2) is 0 Å². The van der Waals surface area contributed by atoms with Crippen molar-refractivity contribution >= 4 is 0 Å². The third kappa shape index (κ3) is 6.06. The van der Waals surface area contributed by atoms with Crippen LogP contribution < -0.4 is 10.5 Å². The van der Waals surface area contributed by atoms with Crippen LogP contribution in [0, 0.1) is 11.8 Å². The molecule has 1 aromatic carbocycles. The Kier molecular flexibility index (Phi) is 7.76. The number of benzene rings is 1. The molecular weight excluding hydrogens is 260 g/mol. The van der Waals surface area contributed by atoms with Crippen LogP contribution in [0.1, 0.15) is 46.2 Å². The van der Waals surface area contributed by atoms with Crippen molar-refractivity contribution in [2.45, 2.75) is 40.7 Å². The average molecular weight is 292 g/mol. The average Bonchev–Trinajstić information content (AvgIpc) is 2.39. The summed E-state index contributed by atoms with van der Waals surface area (Å²) in [6.45, 7) is 14.5. The molecule has 0 aliphatic rings. The van der Waals surface area contributed by atoms with Crippen molar-refractivity contribution in [3.63, 3.8) is 0 Å². The van der Waals surface area contributed by atoms with Gasteiger partial charge in [0.2, 0.25) is 0 Å². The molecule has 0 aromatic heterocycles. The zero-order chi connectivity index (χ0) is 15.8. The minimum Gasteiger partial charge on any atom is -0.494 e. The second kappa shape index (κ2) is 9.06. The third-order valence-corrected chi connectivity index (χ3v) is 3.42. The molecule has 0 radical (unpaired) electrons. The van der Waals surface area contributed by atoms with Crippen LogP contribution in [-0.4, -0.2) is 31.1 Å². The zero-order valence-electron chi connectivity index (χ0n) is 14.3. The zero-order valence-corrected chi connectivity index (χ0v) is 14.3. The van der Waals surface area contributed by atoms with E-state index in [1.54, 1.807) is 0 Å². The van der Waals surface area contributed by atoms with Gasteiger partial charge in [0, 0.05) is 25.7 Å². The maximum Gasteiger partial charge on any atom is 0.119 e. The monoisotopic (exact) mass is 292 g/mol. The topological polar surface area (TPSA) is 38.5 Å². The summed E-state index contributed by atoms with van der Waals surface area (Å²) in [6.07, 6.45) is 0. The first kappa shape index (κ1) is 18.0. The van der Waals surface area contributed by atoms with E-state index in [1.807, 2.05) is 13.0 Å². The second-order valence-electron chi connectivity index (χ2n) is 6.50. The van der Waals surface area contributed by atoms with Gasteiger partial charge in [-0.25, -0.2) is 0 Å². The van der Waals surface area contributed by atoms with Crippen LogP contribution in [0.15, 0.2) is 24.3 Å². The maximum absolute atomic E-state index is 6.10. The Labute approximate surface area is 130 Å². The number of nitrogens with zero attached hydrogens (tertiary/aromatic N) is 1. The summed E-state index contributed by atoms with van der Waals surface area (Å²) in [5, 5.41) is 0. The highest BCUT2D eigenvalue weighted by Crippen LogP contribution is 2.25. The molecule has 0 aliphatic carbocycles. The van der Waals surface area contributed by atoms with Gasteiger partial charge in [-0.2, -0.15) is 0 Å². The Morgan fingerprint density at radius 3 is 2.19 bits per heavy atom. The van der Waals surface area contributed by atoms with Crippen molar-refractivity contribution in [2.24, 2.45) is 17.6 Å². The first-order valence-electron chi connectivity index (χ1n) is 8.14. The van der Waals surface area contributed by atoms with Crippen molar-refractivity contribution in [3.05, 3.63) is 29.8 Å². The van der Waals surface area contributed by atoms with Crippen LogP contribution >= 0.6 is 0 Å². The molecule has 1 atom stereocenters. The Morgan fingerprint density at radius 1 is 1.10 bits per heavy atom. The van der Waals surface area contributed by atoms with Crippen LogP contribution in [0.3, 0.4) is 0 Å². The molecule has 0 saturated heterocycles. The highest BCUT2D eigenvalue weighted by atomic mass is 16.5. The summed E-state index contributed by atoms with van der Waals surface area (Å²) in [5.41, 5.74) is 7.35. The number of ether oxygens (including phenoxy) is 1. The van der Waals surface area contributed by atoms with E-state index >= 15 is 0 Å². The number of nitrogens with two attached hydrogens (primary N) is 1. The Hall–Kier alpha value is -1.06. The van der Waals surface area contributed by atoms with Crippen LogP contribution in [0.25, 0.3) is 0 Å². The minimum atomic E-state index is 0.259. The molecule has 0 fully saturated rings. The van der Waals surface area contributed by atoms with Gasteiger partial charge in [-0.15, -0.1) is 0 Å². The molecule has 1 unspecified atom stereocenters. The van der Waals surface area contributed by atoms with E-state index in [0.717, 1.165) is 18.8 Å². The van der Waals surface area contributed by atoms with E-state index in [1.165, 1.54) is 5.56 Å². The summed E-state index contributed by atoms with van der Waals surface area (Å²) in [5.74, 6) is 2.20. The molecule has 0 amide bonds. The SMILES string of the molecule is CCOc1cccc(C(CN)N(CC(C)C)CC(C)C)c1. The van der Waals surface area contributed by atoms with Crippen LogP contribution in [0.2, 0.25) is 0 Å². The molecule has 3 nitrogen and oxygen atoms in total. The molecule has 2 N–H and O–H groups in total. The Morgan fingerprint density at radius 2 is 1.71 bits per heavy atom. The standard InChI is InChI=1S/C18H32N2O/c1-6-21-17-9-7-8-16(10-17)18(11-19)20(12-14(2)3)13-15(4)5/h7-10,14-15,18H,6,11-13,19H2,1-5H3. The van der Waals surface area contributed by atoms with Crippen molar-refractivity contribution in [1.29, 1.82) is 0 Å². The maximum atomic E-state index is 6.10. The fraction of sp³-hybridized carbons (Fsp3) is 0.667. The van der Waals surface area contributed by atoms with Gasteiger partial charge >= 0.3 is 0 Å². The third-order valence-electron chi connectivity index (χ3n) is 3.42. The van der Waals surface area contributed by atoms with Gasteiger partial charge in [0.25, 0.3) is 0 Å². The number of hydrogen-bond acceptors (Lipinski definition) is 3. The van der Waals surface area contributed by atoms with E-state index in [4.69, 9.17) is 10.5 Å². The lowest BCUT2D eigenvalue weighted by molar-refractivity contribution is 0.160. The van der Waals surface area contributed by atoms with Crippen LogP contribution in [0.4, 0.5) is 0 Å². The Balaban J connectivity index is 2.97. The second-order valence-corrected chi connectivity index (χ2v) is 6.50. The van der Waals surface area contributed by atoms with Gasteiger partial charge in [-0.1, -0.05) is 39.8 Å². The van der Waals surface area contributed by atoms with Gasteiger partial charge in [-0.3, -0.25) is 4.90 Å². The predicted octanol–water partition coefficient (Wildman–Crippen LogP) is 3.70. The summed E-state index contributed by atoms with van der Waals surface area (Å²) in [7, 11) is 0. The lowest BCUT2D eigenvalue weighted by atomic mass is 10.0. The van der Waals surface area contributed by atoms with Crippen LogP contribution in [-0.2, 0) is 0 Å². The molecule has 120 valence electrons. The lowest BCUT2D eigenvalue weighted by Crippen LogP contribution is -2.38. The normalized spacial score (nSPS) is 13.2. The van der Waals surface area contributed by atoms with E-state index < -0.39 is 0 Å². The molecular formula is C18H32N2O. The van der Waals surface area contributed by atoms with Crippen molar-refractivity contribution < 1.29 is 4.74 Å². The summed E-state index contributed by atoms with van der Waals surface area (Å²) >= 11 is 0. The van der Waals surface area contributed by atoms with E-state index in [9.17, 15) is 0 Å². The molecule has 3 heteroatoms. The van der Waals surface area contributed by atoms with Gasteiger partial charge in [0.05, 0.1) is 6.61 Å². The first-order chi connectivity index (χ1) is 9.97. The van der Waals surface area contributed by atoms with Gasteiger partial charge in [-0.05, 0) is 36.5 Å². The first-order valence-corrected chi connectivity index (χ1v) is 8.14. The smallest absolute Gasteiger partial charge is 0.119 e. The molecule has 1 rings (SSSR count). The number of rotatable bonds is 9. The highest BCUT2D eigenvalue weighted by molar-refractivity contribution is 5.31. The molecule has 1 aromatic rings. The lowest BCUT2D eigenvalue weighted by Gasteiger charge is -2.34. The molecule has 0 bridgehead atoms. The quantitative estimate of drug-likeness (QED) is 0.754. The van der Waals surface area contributed by atoms with Crippen molar-refractivity contribution in [1.82, 2.24) is 4.90 Å². The van der Waals surface area contributed by atoms with E-state index in [2.05, 4.69) is 50.8 Å². The molecule has 21 heavy (non-hydrogen) atoms. The highest BCUT2D eigenvalue weighted by Gasteiger charge is 2.21. The van der Waals surface area contributed by atoms with E-state index in [-0.39, 0.29) is 6.04 Å².